The van der Waals surface area contributed by atoms with Gasteiger partial charge in [0.2, 0.25) is 0 Å². The van der Waals surface area contributed by atoms with E-state index in [0.29, 0.717) is 31.2 Å². The van der Waals surface area contributed by atoms with Gasteiger partial charge in [-0.1, -0.05) is 23.7 Å². The third-order valence-electron chi connectivity index (χ3n) is 4.74. The number of carbonyl (C=O) groups excluding carboxylic acids is 1. The van der Waals surface area contributed by atoms with Gasteiger partial charge in [-0.15, -0.1) is 0 Å². The summed E-state index contributed by atoms with van der Waals surface area (Å²) in [5.41, 5.74) is 1.62. The van der Waals surface area contributed by atoms with Gasteiger partial charge in [-0.3, -0.25) is 9.59 Å². The van der Waals surface area contributed by atoms with E-state index in [-0.39, 0.29) is 17.5 Å². The second-order valence-corrected chi connectivity index (χ2v) is 6.97. The number of halogens is 1. The Morgan fingerprint density at radius 1 is 1.23 bits per heavy atom. The summed E-state index contributed by atoms with van der Waals surface area (Å²) < 4.78 is 6.79. The Morgan fingerprint density at radius 3 is 2.65 bits per heavy atom. The minimum atomic E-state index is -0.144. The molecular formula is C20H23ClN2O3. The number of amides is 1. The average Bonchev–Trinajstić information content (AvgIpc) is 2.60. The number of nitrogens with one attached hydrogen (secondary N) is 1. The fourth-order valence-electron chi connectivity index (χ4n) is 3.16. The quantitative estimate of drug-likeness (QED) is 0.757. The van der Waals surface area contributed by atoms with Crippen LogP contribution in [-0.4, -0.2) is 29.7 Å². The first-order valence-electron chi connectivity index (χ1n) is 8.91. The number of hydrogen-bond acceptors (Lipinski definition) is 3. The maximum atomic E-state index is 12.5. The lowest BCUT2D eigenvalue weighted by Crippen LogP contribution is -2.43. The van der Waals surface area contributed by atoms with Gasteiger partial charge >= 0.3 is 0 Å². The van der Waals surface area contributed by atoms with Crippen molar-refractivity contribution >= 4 is 17.5 Å². The van der Waals surface area contributed by atoms with Gasteiger partial charge in [0, 0.05) is 36.5 Å². The van der Waals surface area contributed by atoms with Gasteiger partial charge in [-0.05, 0) is 49.4 Å². The van der Waals surface area contributed by atoms with Crippen LogP contribution in [0.2, 0.25) is 5.02 Å². The Morgan fingerprint density at radius 2 is 1.96 bits per heavy atom. The van der Waals surface area contributed by atoms with E-state index in [0.717, 1.165) is 17.9 Å². The molecule has 0 saturated heterocycles. The molecular weight excluding hydrogens is 352 g/mol. The lowest BCUT2D eigenvalue weighted by Gasteiger charge is -2.36. The summed E-state index contributed by atoms with van der Waals surface area (Å²) in [7, 11) is 0. The zero-order valence-corrected chi connectivity index (χ0v) is 15.5. The number of ether oxygens (including phenoxy) is 1. The largest absolute Gasteiger partial charge is 0.380 e. The number of rotatable bonds is 7. The predicted molar refractivity (Wildman–Crippen MR) is 102 cm³/mol. The summed E-state index contributed by atoms with van der Waals surface area (Å²) in [6.07, 6.45) is 3.43. The first kappa shape index (κ1) is 18.7. The standard InChI is InChI=1S/C20H23ClN2O3/c1-2-26-10-9-23-13-15(5-8-19(23)24)20(25)22-18-11-16(12-18)14-3-6-17(21)7-4-14/h3-8,13,16,18H,2,9-12H2,1H3,(H,22,25). The number of aromatic nitrogens is 1. The number of nitrogens with zero attached hydrogens (tertiary/aromatic N) is 1. The molecule has 1 amide bonds. The number of pyridine rings is 1. The molecule has 0 radical (unpaired) electrons. The highest BCUT2D eigenvalue weighted by Gasteiger charge is 2.31. The fourth-order valence-corrected chi connectivity index (χ4v) is 3.29. The topological polar surface area (TPSA) is 60.3 Å². The van der Waals surface area contributed by atoms with Crippen molar-refractivity contribution in [3.05, 3.63) is 69.1 Å². The normalized spacial score (nSPS) is 19.0. The van der Waals surface area contributed by atoms with Gasteiger partial charge in [-0.2, -0.15) is 0 Å². The van der Waals surface area contributed by atoms with Crippen LogP contribution in [0.25, 0.3) is 0 Å². The van der Waals surface area contributed by atoms with E-state index in [1.807, 2.05) is 31.2 Å². The highest BCUT2D eigenvalue weighted by molar-refractivity contribution is 6.30. The lowest BCUT2D eigenvalue weighted by atomic mass is 9.76. The zero-order valence-electron chi connectivity index (χ0n) is 14.8. The molecule has 138 valence electrons. The van der Waals surface area contributed by atoms with Crippen molar-refractivity contribution in [1.82, 2.24) is 9.88 Å². The van der Waals surface area contributed by atoms with Crippen molar-refractivity contribution < 1.29 is 9.53 Å². The van der Waals surface area contributed by atoms with E-state index < -0.39 is 0 Å². The Hall–Kier alpha value is -2.11. The van der Waals surface area contributed by atoms with Crippen molar-refractivity contribution in [3.63, 3.8) is 0 Å². The van der Waals surface area contributed by atoms with Crippen LogP contribution in [0.4, 0.5) is 0 Å². The molecule has 0 unspecified atom stereocenters. The molecule has 1 N–H and O–H groups in total. The van der Waals surface area contributed by atoms with Crippen molar-refractivity contribution in [2.45, 2.75) is 38.3 Å². The van der Waals surface area contributed by atoms with E-state index in [1.165, 1.54) is 16.2 Å². The van der Waals surface area contributed by atoms with E-state index in [2.05, 4.69) is 5.32 Å². The second-order valence-electron chi connectivity index (χ2n) is 6.54. The smallest absolute Gasteiger partial charge is 0.252 e. The van der Waals surface area contributed by atoms with Crippen LogP contribution in [0.1, 0.15) is 41.6 Å². The van der Waals surface area contributed by atoms with E-state index in [9.17, 15) is 9.59 Å². The monoisotopic (exact) mass is 374 g/mol. The van der Waals surface area contributed by atoms with Gasteiger partial charge in [0.25, 0.3) is 11.5 Å². The van der Waals surface area contributed by atoms with Gasteiger partial charge < -0.3 is 14.6 Å². The summed E-state index contributed by atoms with van der Waals surface area (Å²) in [5.74, 6) is 0.312. The SMILES string of the molecule is CCOCCn1cc(C(=O)NC2CC(c3ccc(Cl)cc3)C2)ccc1=O. The number of carbonyl (C=O) groups is 1. The molecule has 1 aromatic carbocycles. The molecule has 1 aliphatic rings. The van der Waals surface area contributed by atoms with Gasteiger partial charge in [0.05, 0.1) is 12.2 Å². The van der Waals surface area contributed by atoms with E-state index >= 15 is 0 Å². The minimum Gasteiger partial charge on any atom is -0.380 e. The van der Waals surface area contributed by atoms with Crippen molar-refractivity contribution in [2.24, 2.45) is 0 Å². The number of benzene rings is 1. The van der Waals surface area contributed by atoms with Crippen molar-refractivity contribution in [3.8, 4) is 0 Å². The van der Waals surface area contributed by atoms with Gasteiger partial charge in [-0.25, -0.2) is 0 Å². The van der Waals surface area contributed by atoms with Crippen LogP contribution >= 0.6 is 11.6 Å². The molecule has 6 heteroatoms. The minimum absolute atomic E-state index is 0.132. The molecule has 1 saturated carbocycles. The van der Waals surface area contributed by atoms with Gasteiger partial charge in [0.1, 0.15) is 0 Å². The van der Waals surface area contributed by atoms with Gasteiger partial charge in [0.15, 0.2) is 0 Å². The van der Waals surface area contributed by atoms with Crippen LogP contribution < -0.4 is 10.9 Å². The molecule has 1 fully saturated rings. The molecule has 1 aliphatic carbocycles. The third kappa shape index (κ3) is 4.54. The van der Waals surface area contributed by atoms with Crippen molar-refractivity contribution in [2.75, 3.05) is 13.2 Å². The highest BCUT2D eigenvalue weighted by atomic mass is 35.5. The maximum absolute atomic E-state index is 12.5. The molecule has 0 atom stereocenters. The molecule has 0 bridgehead atoms. The summed E-state index contributed by atoms with van der Waals surface area (Å²) in [6, 6.07) is 11.0. The summed E-state index contributed by atoms with van der Waals surface area (Å²) in [6.45, 7) is 3.40. The second kappa shape index (κ2) is 8.52. The molecule has 2 aromatic rings. The number of hydrogen-bond donors (Lipinski definition) is 1. The van der Waals surface area contributed by atoms with E-state index in [4.69, 9.17) is 16.3 Å². The summed E-state index contributed by atoms with van der Waals surface area (Å²) in [4.78, 5) is 24.3. The van der Waals surface area contributed by atoms with Crippen LogP contribution in [0.15, 0.2) is 47.4 Å². The molecule has 1 heterocycles. The first-order chi connectivity index (χ1) is 12.6. The first-order valence-corrected chi connectivity index (χ1v) is 9.29. The Balaban J connectivity index is 1.55. The molecule has 0 spiro atoms. The van der Waals surface area contributed by atoms with E-state index in [1.54, 1.807) is 12.3 Å². The Kier molecular flexibility index (Phi) is 6.12. The predicted octanol–water partition coefficient (Wildman–Crippen LogP) is 3.21. The highest BCUT2D eigenvalue weighted by Crippen LogP contribution is 2.37. The lowest BCUT2D eigenvalue weighted by molar-refractivity contribution is 0.0907. The Labute approximate surface area is 157 Å². The molecule has 1 aromatic heterocycles. The van der Waals surface area contributed by atoms with Crippen LogP contribution in [0.5, 0.6) is 0 Å². The van der Waals surface area contributed by atoms with Crippen molar-refractivity contribution in [1.29, 1.82) is 0 Å². The fraction of sp³-hybridized carbons (Fsp3) is 0.400. The van der Waals surface area contributed by atoms with Crippen LogP contribution in [-0.2, 0) is 11.3 Å². The third-order valence-corrected chi connectivity index (χ3v) is 4.99. The summed E-state index contributed by atoms with van der Waals surface area (Å²) in [5, 5.41) is 3.78. The molecule has 5 nitrogen and oxygen atoms in total. The van der Waals surface area contributed by atoms with Crippen LogP contribution in [0, 0.1) is 0 Å². The molecule has 3 rings (SSSR count). The van der Waals surface area contributed by atoms with Crippen LogP contribution in [0.3, 0.4) is 0 Å². The Bertz CT molecular complexity index is 811. The average molecular weight is 375 g/mol. The summed E-state index contributed by atoms with van der Waals surface area (Å²) >= 11 is 5.92. The molecule has 0 aliphatic heterocycles. The zero-order chi connectivity index (χ0) is 18.5. The maximum Gasteiger partial charge on any atom is 0.252 e. The molecule has 26 heavy (non-hydrogen) atoms.